The van der Waals surface area contributed by atoms with Crippen molar-refractivity contribution in [3.63, 3.8) is 0 Å². The number of esters is 1. The maximum atomic E-state index is 11.4. The van der Waals surface area contributed by atoms with Gasteiger partial charge in [-0.3, -0.25) is 0 Å². The van der Waals surface area contributed by atoms with Crippen LogP contribution in [0.15, 0.2) is 34.7 Å². The Morgan fingerprint density at radius 2 is 2.00 bits per heavy atom. The summed E-state index contributed by atoms with van der Waals surface area (Å²) in [6.45, 7) is 2.02. The van der Waals surface area contributed by atoms with Gasteiger partial charge in [0.05, 0.1) is 7.11 Å². The molecule has 0 spiro atoms. The molecule has 2 N–H and O–H groups in total. The first-order valence-corrected chi connectivity index (χ1v) is 5.76. The van der Waals surface area contributed by atoms with Crippen LogP contribution in [-0.2, 0) is 11.3 Å². The molecule has 2 aromatic rings. The summed E-state index contributed by atoms with van der Waals surface area (Å²) >= 11 is 0. The molecule has 0 bridgehead atoms. The molecular weight excluding hydrogens is 246 g/mol. The number of anilines is 1. The van der Waals surface area contributed by atoms with E-state index in [0.29, 0.717) is 17.2 Å². The molecule has 0 radical (unpaired) electrons. The van der Waals surface area contributed by atoms with E-state index in [2.05, 4.69) is 4.74 Å². The highest BCUT2D eigenvalue weighted by molar-refractivity contribution is 5.87. The third kappa shape index (κ3) is 3.07. The van der Waals surface area contributed by atoms with E-state index in [1.807, 2.05) is 0 Å². The van der Waals surface area contributed by atoms with Crippen LogP contribution in [0.25, 0.3) is 0 Å². The number of ether oxygens (including phenoxy) is 2. The number of carbonyl (C=O) groups excluding carboxylic acids is 1. The second-order valence-electron chi connectivity index (χ2n) is 4.07. The lowest BCUT2D eigenvalue weighted by atomic mass is 10.2. The van der Waals surface area contributed by atoms with Crippen molar-refractivity contribution in [3.05, 3.63) is 47.4 Å². The van der Waals surface area contributed by atoms with Crippen molar-refractivity contribution in [3.8, 4) is 5.75 Å². The van der Waals surface area contributed by atoms with Crippen LogP contribution in [0.2, 0.25) is 0 Å². The van der Waals surface area contributed by atoms with Gasteiger partial charge < -0.3 is 19.6 Å². The first kappa shape index (κ1) is 13.0. The van der Waals surface area contributed by atoms with Gasteiger partial charge in [0.1, 0.15) is 18.1 Å². The Bertz CT molecular complexity index is 572. The first-order chi connectivity index (χ1) is 9.10. The van der Waals surface area contributed by atoms with Gasteiger partial charge in [-0.25, -0.2) is 4.79 Å². The highest BCUT2D eigenvalue weighted by Gasteiger charge is 2.16. The predicted molar refractivity (Wildman–Crippen MR) is 70.0 cm³/mol. The minimum atomic E-state index is -0.490. The zero-order chi connectivity index (χ0) is 13.8. The van der Waals surface area contributed by atoms with Crippen LogP contribution in [0.3, 0.4) is 0 Å². The molecule has 0 amide bonds. The fraction of sp³-hybridized carbons (Fsp3) is 0.214. The number of methoxy groups -OCH3 is 1. The van der Waals surface area contributed by atoms with Gasteiger partial charge in [0.25, 0.3) is 0 Å². The largest absolute Gasteiger partial charge is 0.486 e. The van der Waals surface area contributed by atoms with Gasteiger partial charge in [-0.2, -0.15) is 0 Å². The van der Waals surface area contributed by atoms with E-state index in [1.165, 1.54) is 7.11 Å². The van der Waals surface area contributed by atoms with Gasteiger partial charge in [-0.15, -0.1) is 0 Å². The Kier molecular flexibility index (Phi) is 3.75. The zero-order valence-corrected chi connectivity index (χ0v) is 10.8. The van der Waals surface area contributed by atoms with E-state index in [9.17, 15) is 4.79 Å². The van der Waals surface area contributed by atoms with Crippen LogP contribution >= 0.6 is 0 Å². The van der Waals surface area contributed by atoms with Crippen LogP contribution in [0, 0.1) is 6.92 Å². The number of furan rings is 1. The number of aryl methyl sites for hydroxylation is 1. The van der Waals surface area contributed by atoms with Crippen LogP contribution < -0.4 is 10.5 Å². The normalized spacial score (nSPS) is 10.2. The molecule has 100 valence electrons. The Labute approximate surface area is 110 Å². The Balaban J connectivity index is 2.04. The number of rotatable bonds is 4. The molecule has 1 aromatic carbocycles. The molecule has 0 aliphatic carbocycles. The smallest absolute Gasteiger partial charge is 0.374 e. The summed E-state index contributed by atoms with van der Waals surface area (Å²) in [5.74, 6) is 0.965. The molecular formula is C14H15NO4. The van der Waals surface area contributed by atoms with Crippen molar-refractivity contribution in [2.45, 2.75) is 13.5 Å². The molecule has 0 saturated carbocycles. The van der Waals surface area contributed by atoms with E-state index in [1.54, 1.807) is 37.3 Å². The zero-order valence-electron chi connectivity index (χ0n) is 10.8. The van der Waals surface area contributed by atoms with E-state index in [0.717, 1.165) is 5.56 Å². The molecule has 5 nitrogen and oxygen atoms in total. The van der Waals surface area contributed by atoms with E-state index in [-0.39, 0.29) is 12.4 Å². The first-order valence-electron chi connectivity index (χ1n) is 5.76. The number of hydrogen-bond donors (Lipinski definition) is 1. The third-order valence-corrected chi connectivity index (χ3v) is 2.60. The number of carbonyl (C=O) groups is 1. The summed E-state index contributed by atoms with van der Waals surface area (Å²) in [5, 5.41) is 0. The second kappa shape index (κ2) is 5.48. The number of nitrogen functional groups attached to an aromatic ring is 1. The quantitative estimate of drug-likeness (QED) is 0.676. The van der Waals surface area contributed by atoms with Crippen molar-refractivity contribution < 1.29 is 18.7 Å². The van der Waals surface area contributed by atoms with Crippen molar-refractivity contribution in [2.24, 2.45) is 0 Å². The molecule has 19 heavy (non-hydrogen) atoms. The lowest BCUT2D eigenvalue weighted by Gasteiger charge is -2.04. The molecule has 1 heterocycles. The van der Waals surface area contributed by atoms with Crippen molar-refractivity contribution in [2.75, 3.05) is 12.8 Å². The monoisotopic (exact) mass is 261 g/mol. The highest BCUT2D eigenvalue weighted by atomic mass is 16.5. The highest BCUT2D eigenvalue weighted by Crippen LogP contribution is 2.19. The van der Waals surface area contributed by atoms with Crippen molar-refractivity contribution in [1.29, 1.82) is 0 Å². The Morgan fingerprint density at radius 1 is 1.32 bits per heavy atom. The Hall–Kier alpha value is -2.43. The molecule has 0 aliphatic heterocycles. The average molecular weight is 261 g/mol. The predicted octanol–water partition coefficient (Wildman–Crippen LogP) is 2.54. The SMILES string of the molecule is COC(=O)c1oc(COc2ccc(N)cc2)cc1C. The second-order valence-corrected chi connectivity index (χ2v) is 4.07. The molecule has 5 heteroatoms. The van der Waals surface area contributed by atoms with Crippen LogP contribution in [0.4, 0.5) is 5.69 Å². The summed E-state index contributed by atoms with van der Waals surface area (Å²) in [7, 11) is 1.31. The van der Waals surface area contributed by atoms with E-state index < -0.39 is 5.97 Å². The minimum Gasteiger partial charge on any atom is -0.486 e. The molecule has 2 rings (SSSR count). The lowest BCUT2D eigenvalue weighted by Crippen LogP contribution is -2.00. The molecule has 0 fully saturated rings. The molecule has 0 saturated heterocycles. The molecule has 0 atom stereocenters. The fourth-order valence-corrected chi connectivity index (χ4v) is 1.63. The van der Waals surface area contributed by atoms with Gasteiger partial charge in [0, 0.05) is 11.3 Å². The van der Waals surface area contributed by atoms with Crippen LogP contribution in [0.5, 0.6) is 5.75 Å². The molecule has 1 aromatic heterocycles. The van der Waals surface area contributed by atoms with E-state index >= 15 is 0 Å². The summed E-state index contributed by atoms with van der Waals surface area (Å²) in [5.41, 5.74) is 6.98. The molecule has 0 unspecified atom stereocenters. The average Bonchev–Trinajstić information content (AvgIpc) is 2.78. The van der Waals surface area contributed by atoms with Crippen molar-refractivity contribution >= 4 is 11.7 Å². The van der Waals surface area contributed by atoms with E-state index in [4.69, 9.17) is 14.9 Å². The van der Waals surface area contributed by atoms with Gasteiger partial charge in [-0.05, 0) is 37.3 Å². The fourth-order valence-electron chi connectivity index (χ4n) is 1.63. The maximum Gasteiger partial charge on any atom is 0.374 e. The Morgan fingerprint density at radius 3 is 2.63 bits per heavy atom. The standard InChI is InChI=1S/C14H15NO4/c1-9-7-12(19-13(9)14(16)17-2)8-18-11-5-3-10(15)4-6-11/h3-7H,8,15H2,1-2H3. The number of benzene rings is 1. The third-order valence-electron chi connectivity index (χ3n) is 2.60. The van der Waals surface area contributed by atoms with Gasteiger partial charge >= 0.3 is 5.97 Å². The van der Waals surface area contributed by atoms with Gasteiger partial charge in [0.2, 0.25) is 5.76 Å². The summed E-state index contributed by atoms with van der Waals surface area (Å²) in [4.78, 5) is 11.4. The minimum absolute atomic E-state index is 0.207. The van der Waals surface area contributed by atoms with Crippen LogP contribution in [0.1, 0.15) is 21.9 Å². The van der Waals surface area contributed by atoms with Gasteiger partial charge in [-0.1, -0.05) is 0 Å². The van der Waals surface area contributed by atoms with Gasteiger partial charge in [0.15, 0.2) is 0 Å². The van der Waals surface area contributed by atoms with Crippen LogP contribution in [-0.4, -0.2) is 13.1 Å². The maximum absolute atomic E-state index is 11.4. The summed E-state index contributed by atoms with van der Waals surface area (Å²) < 4.78 is 15.5. The number of hydrogen-bond acceptors (Lipinski definition) is 5. The van der Waals surface area contributed by atoms with Crippen molar-refractivity contribution in [1.82, 2.24) is 0 Å². The lowest BCUT2D eigenvalue weighted by molar-refractivity contribution is 0.0560. The summed E-state index contributed by atoms with van der Waals surface area (Å²) in [6.07, 6.45) is 0. The summed E-state index contributed by atoms with van der Waals surface area (Å²) in [6, 6.07) is 8.80. The number of nitrogens with two attached hydrogens (primary N) is 1. The topological polar surface area (TPSA) is 74.7 Å². The molecule has 0 aliphatic rings.